The first-order valence-corrected chi connectivity index (χ1v) is 14.5. The molecule has 4 aliphatic rings. The Morgan fingerprint density at radius 3 is 2.46 bits per heavy atom. The average molecular weight is 506 g/mol. The number of hydrogen-bond donors (Lipinski definition) is 1. The molecule has 5 rings (SSSR count). The van der Waals surface area contributed by atoms with Gasteiger partial charge in [-0.25, -0.2) is 0 Å². The fourth-order valence-electron chi connectivity index (χ4n) is 7.52. The van der Waals surface area contributed by atoms with E-state index in [0.29, 0.717) is 12.4 Å². The second-order valence-electron chi connectivity index (χ2n) is 11.9. The minimum atomic E-state index is -0.227. The van der Waals surface area contributed by atoms with Crippen LogP contribution in [0.4, 0.5) is 0 Å². The highest BCUT2D eigenvalue weighted by Crippen LogP contribution is 2.51. The number of rotatable bonds is 7. The second kappa shape index (κ2) is 10.8. The Balaban J connectivity index is 1.33. The van der Waals surface area contributed by atoms with Crippen molar-refractivity contribution in [3.63, 3.8) is 0 Å². The summed E-state index contributed by atoms with van der Waals surface area (Å²) in [5.41, 5.74) is 6.90. The zero-order valence-corrected chi connectivity index (χ0v) is 23.0. The van der Waals surface area contributed by atoms with Gasteiger partial charge in [0, 0.05) is 12.0 Å². The molecule has 5 nitrogen and oxygen atoms in total. The van der Waals surface area contributed by atoms with Gasteiger partial charge in [-0.15, -0.1) is 0 Å². The quantitative estimate of drug-likeness (QED) is 0.333. The Labute approximate surface area is 222 Å². The lowest BCUT2D eigenvalue weighted by Crippen LogP contribution is -2.42. The minimum Gasteiger partial charge on any atom is -0.507 e. The standard InChI is InChI=1S/C32H43NO4/c1-5-9-23-17-25-29(32(36)33(31(25)35)24-10-7-6-8-11-24)26-18-37-27(28(23)26)13-12-19(2)14-22-15-20(3)30(34)21(4)16-22/h14-16,24-27,29,34H,5-13,17-18H2,1-4H3/b19-14+/t25-,26+,27-,29-/m1/s1. The third kappa shape index (κ3) is 4.92. The topological polar surface area (TPSA) is 66.8 Å². The van der Waals surface area contributed by atoms with Crippen LogP contribution in [0.15, 0.2) is 28.9 Å². The molecule has 5 heteroatoms. The van der Waals surface area contributed by atoms with Crippen molar-refractivity contribution < 1.29 is 19.4 Å². The molecule has 37 heavy (non-hydrogen) atoms. The van der Waals surface area contributed by atoms with E-state index in [-0.39, 0.29) is 41.7 Å². The van der Waals surface area contributed by atoms with Gasteiger partial charge in [-0.1, -0.05) is 49.8 Å². The number of likely N-dealkylation sites (tertiary alicyclic amines) is 1. The van der Waals surface area contributed by atoms with Crippen LogP contribution in [0.5, 0.6) is 5.75 Å². The fraction of sp³-hybridized carbons (Fsp3) is 0.625. The molecule has 200 valence electrons. The zero-order chi connectivity index (χ0) is 26.3. The minimum absolute atomic E-state index is 0.0331. The molecule has 1 aromatic rings. The lowest BCUT2D eigenvalue weighted by molar-refractivity contribution is -0.143. The van der Waals surface area contributed by atoms with Crippen LogP contribution in [0, 0.1) is 31.6 Å². The molecule has 2 saturated heterocycles. The van der Waals surface area contributed by atoms with E-state index in [1.54, 1.807) is 4.90 Å². The molecule has 2 aliphatic carbocycles. The van der Waals surface area contributed by atoms with Gasteiger partial charge in [-0.05, 0) is 93.7 Å². The van der Waals surface area contributed by atoms with Crippen LogP contribution < -0.4 is 0 Å². The summed E-state index contributed by atoms with van der Waals surface area (Å²) in [6, 6.07) is 4.16. The molecule has 0 unspecified atom stereocenters. The highest BCUT2D eigenvalue weighted by molar-refractivity contribution is 6.06. The van der Waals surface area contributed by atoms with E-state index in [9.17, 15) is 14.7 Å². The van der Waals surface area contributed by atoms with Crippen LogP contribution in [0.1, 0.15) is 94.7 Å². The van der Waals surface area contributed by atoms with E-state index in [1.165, 1.54) is 23.1 Å². The highest BCUT2D eigenvalue weighted by atomic mass is 16.5. The summed E-state index contributed by atoms with van der Waals surface area (Å²) in [7, 11) is 0. The number of benzene rings is 1. The number of amides is 2. The van der Waals surface area contributed by atoms with Crippen LogP contribution in [-0.4, -0.2) is 40.6 Å². The van der Waals surface area contributed by atoms with Gasteiger partial charge < -0.3 is 9.84 Å². The highest BCUT2D eigenvalue weighted by Gasteiger charge is 2.57. The van der Waals surface area contributed by atoms with Crippen molar-refractivity contribution in [3.8, 4) is 5.75 Å². The average Bonchev–Trinajstić information content (AvgIpc) is 3.40. The Morgan fingerprint density at radius 2 is 1.78 bits per heavy atom. The van der Waals surface area contributed by atoms with E-state index >= 15 is 0 Å². The van der Waals surface area contributed by atoms with Crippen LogP contribution in [0.25, 0.3) is 6.08 Å². The first-order chi connectivity index (χ1) is 17.8. The maximum absolute atomic E-state index is 13.7. The summed E-state index contributed by atoms with van der Waals surface area (Å²) in [5.74, 6) is 0.189. The summed E-state index contributed by atoms with van der Waals surface area (Å²) < 4.78 is 6.40. The molecular formula is C32H43NO4. The van der Waals surface area contributed by atoms with Crippen LogP contribution in [0.2, 0.25) is 0 Å². The van der Waals surface area contributed by atoms with Crippen molar-refractivity contribution in [3.05, 3.63) is 45.5 Å². The molecule has 0 radical (unpaired) electrons. The molecular weight excluding hydrogens is 462 g/mol. The number of carbonyl (C=O) groups is 2. The molecule has 3 fully saturated rings. The maximum atomic E-state index is 13.7. The van der Waals surface area contributed by atoms with E-state index in [0.717, 1.165) is 74.5 Å². The molecule has 4 atom stereocenters. The molecule has 2 aliphatic heterocycles. The van der Waals surface area contributed by atoms with Gasteiger partial charge in [-0.3, -0.25) is 14.5 Å². The maximum Gasteiger partial charge on any atom is 0.234 e. The smallest absolute Gasteiger partial charge is 0.234 e. The number of carbonyl (C=O) groups excluding carboxylic acids is 2. The number of imide groups is 1. The van der Waals surface area contributed by atoms with Crippen molar-refractivity contribution in [2.45, 2.75) is 104 Å². The van der Waals surface area contributed by atoms with Gasteiger partial charge in [0.25, 0.3) is 0 Å². The molecule has 2 amide bonds. The molecule has 0 aromatic heterocycles. The molecule has 0 bridgehead atoms. The molecule has 1 saturated carbocycles. The van der Waals surface area contributed by atoms with Crippen LogP contribution >= 0.6 is 0 Å². The zero-order valence-electron chi connectivity index (χ0n) is 23.0. The predicted octanol–water partition coefficient (Wildman–Crippen LogP) is 6.64. The number of fused-ring (bicyclic) bond motifs is 3. The SMILES string of the molecule is CCCC1=C2[C@@H](CC/C(C)=C/c3cc(C)c(O)c(C)c3)OC[C@@H]2[C@@H]2C(=O)N(C3CCCCC3)C(=O)[C@@H]2C1. The van der Waals surface area contributed by atoms with Crippen LogP contribution in [0.3, 0.4) is 0 Å². The number of phenols is 1. The third-order valence-corrected chi connectivity index (χ3v) is 9.26. The van der Waals surface area contributed by atoms with Crippen LogP contribution in [-0.2, 0) is 14.3 Å². The summed E-state index contributed by atoms with van der Waals surface area (Å²) in [5, 5.41) is 10.1. The third-order valence-electron chi connectivity index (χ3n) is 9.26. The summed E-state index contributed by atoms with van der Waals surface area (Å²) >= 11 is 0. The number of allylic oxidation sites excluding steroid dienone is 2. The Hall–Kier alpha value is -2.40. The summed E-state index contributed by atoms with van der Waals surface area (Å²) in [6.07, 6.45) is 12.2. The molecule has 0 spiro atoms. The molecule has 1 N–H and O–H groups in total. The van der Waals surface area contributed by atoms with Crippen molar-refractivity contribution in [2.24, 2.45) is 17.8 Å². The van der Waals surface area contributed by atoms with Gasteiger partial charge in [-0.2, -0.15) is 0 Å². The predicted molar refractivity (Wildman–Crippen MR) is 146 cm³/mol. The van der Waals surface area contributed by atoms with Gasteiger partial charge >= 0.3 is 0 Å². The van der Waals surface area contributed by atoms with Crippen molar-refractivity contribution in [2.75, 3.05) is 6.61 Å². The molecule has 1 aromatic carbocycles. The van der Waals surface area contributed by atoms with Gasteiger partial charge in [0.2, 0.25) is 11.8 Å². The summed E-state index contributed by atoms with van der Waals surface area (Å²) in [4.78, 5) is 29.0. The van der Waals surface area contributed by atoms with Gasteiger partial charge in [0.05, 0.1) is 24.5 Å². The van der Waals surface area contributed by atoms with E-state index in [2.05, 4.69) is 19.9 Å². The van der Waals surface area contributed by atoms with Gasteiger partial charge in [0.15, 0.2) is 0 Å². The van der Waals surface area contributed by atoms with Crippen molar-refractivity contribution in [1.82, 2.24) is 4.90 Å². The fourth-order valence-corrected chi connectivity index (χ4v) is 7.52. The second-order valence-corrected chi connectivity index (χ2v) is 11.9. The lowest BCUT2D eigenvalue weighted by Gasteiger charge is -2.32. The van der Waals surface area contributed by atoms with Crippen molar-refractivity contribution in [1.29, 1.82) is 0 Å². The van der Waals surface area contributed by atoms with E-state index in [1.807, 2.05) is 26.0 Å². The lowest BCUT2D eigenvalue weighted by atomic mass is 9.68. The number of ether oxygens (including phenoxy) is 1. The number of phenolic OH excluding ortho intramolecular Hbond substituents is 1. The monoisotopic (exact) mass is 505 g/mol. The largest absolute Gasteiger partial charge is 0.507 e. The Bertz CT molecular complexity index is 1100. The van der Waals surface area contributed by atoms with Gasteiger partial charge in [0.1, 0.15) is 5.75 Å². The van der Waals surface area contributed by atoms with Crippen molar-refractivity contribution >= 4 is 17.9 Å². The van der Waals surface area contributed by atoms with E-state index in [4.69, 9.17) is 4.74 Å². The summed E-state index contributed by atoms with van der Waals surface area (Å²) in [6.45, 7) is 8.78. The number of hydrogen-bond acceptors (Lipinski definition) is 4. The van der Waals surface area contributed by atoms with E-state index < -0.39 is 0 Å². The number of aromatic hydroxyl groups is 1. The Kier molecular flexibility index (Phi) is 7.63. The first-order valence-electron chi connectivity index (χ1n) is 14.5. The number of nitrogens with zero attached hydrogens (tertiary/aromatic N) is 1. The molecule has 2 heterocycles. The number of aryl methyl sites for hydroxylation is 2. The Morgan fingerprint density at radius 1 is 1.08 bits per heavy atom. The first kappa shape index (κ1) is 26.2. The normalized spacial score (nSPS) is 28.8.